The predicted octanol–water partition coefficient (Wildman–Crippen LogP) is 2.02. The molecule has 1 aliphatic carbocycles. The molecule has 0 unspecified atom stereocenters. The number of benzene rings is 2. The molecule has 2 N–H and O–H groups in total. The van der Waals surface area contributed by atoms with Crippen LogP contribution in [0.5, 0.6) is 5.75 Å². The average Bonchev–Trinajstić information content (AvgIpc) is 2.90. The molecule has 22 heavy (non-hydrogen) atoms. The number of hydrogen-bond acceptors (Lipinski definition) is 3. The van der Waals surface area contributed by atoms with E-state index in [4.69, 9.17) is 4.74 Å². The monoisotopic (exact) mass is 297 g/mol. The molecule has 114 valence electrons. The van der Waals surface area contributed by atoms with Gasteiger partial charge < -0.3 is 15.2 Å². The van der Waals surface area contributed by atoms with Crippen molar-refractivity contribution in [1.82, 2.24) is 5.32 Å². The van der Waals surface area contributed by atoms with Gasteiger partial charge in [-0.1, -0.05) is 42.5 Å². The van der Waals surface area contributed by atoms with Crippen LogP contribution in [-0.4, -0.2) is 24.2 Å². The zero-order valence-corrected chi connectivity index (χ0v) is 12.3. The van der Waals surface area contributed by atoms with E-state index in [2.05, 4.69) is 5.32 Å². The van der Waals surface area contributed by atoms with E-state index >= 15 is 0 Å². The van der Waals surface area contributed by atoms with Crippen LogP contribution in [-0.2, 0) is 16.8 Å². The van der Waals surface area contributed by atoms with Crippen molar-refractivity contribution >= 4 is 5.91 Å². The molecule has 0 heterocycles. The van der Waals surface area contributed by atoms with E-state index in [1.165, 1.54) is 0 Å². The van der Waals surface area contributed by atoms with Crippen molar-refractivity contribution in [2.24, 2.45) is 0 Å². The van der Waals surface area contributed by atoms with Gasteiger partial charge in [-0.15, -0.1) is 0 Å². The molecule has 0 radical (unpaired) electrons. The lowest BCUT2D eigenvalue weighted by Crippen LogP contribution is -2.41. The van der Waals surface area contributed by atoms with Gasteiger partial charge in [0.25, 0.3) is 5.91 Å². The maximum atomic E-state index is 11.9. The topological polar surface area (TPSA) is 58.6 Å². The molecular formula is C18H19NO3. The first-order valence-electron chi connectivity index (χ1n) is 7.43. The van der Waals surface area contributed by atoms with Crippen LogP contribution in [0.3, 0.4) is 0 Å². The number of aliphatic hydroxyl groups is 1. The molecule has 0 fully saturated rings. The number of hydrogen-bond donors (Lipinski definition) is 2. The van der Waals surface area contributed by atoms with Crippen LogP contribution in [0.2, 0.25) is 0 Å². The maximum Gasteiger partial charge on any atom is 0.258 e. The van der Waals surface area contributed by atoms with Gasteiger partial charge >= 0.3 is 0 Å². The smallest absolute Gasteiger partial charge is 0.258 e. The molecule has 0 bridgehead atoms. The lowest BCUT2D eigenvalue weighted by molar-refractivity contribution is -0.124. The van der Waals surface area contributed by atoms with E-state index in [1.807, 2.05) is 42.5 Å². The second kappa shape index (κ2) is 6.20. The van der Waals surface area contributed by atoms with Crippen LogP contribution in [0.1, 0.15) is 17.5 Å². The molecular weight excluding hydrogens is 278 g/mol. The van der Waals surface area contributed by atoms with Crippen LogP contribution < -0.4 is 10.1 Å². The third-order valence-corrected chi connectivity index (χ3v) is 4.02. The highest BCUT2D eigenvalue weighted by molar-refractivity contribution is 5.77. The second-order valence-corrected chi connectivity index (χ2v) is 5.57. The standard InChI is InChI=1S/C18H19NO3/c20-17(12-22-15-7-2-1-3-8-15)19-13-18(21)11-10-14-6-4-5-9-16(14)18/h1-9,21H,10-13H2,(H,19,20)/t18-/m1/s1. The van der Waals surface area contributed by atoms with Crippen LogP contribution in [0.25, 0.3) is 0 Å². The molecule has 3 rings (SSSR count). The Morgan fingerprint density at radius 1 is 1.14 bits per heavy atom. The Kier molecular flexibility index (Phi) is 4.11. The highest BCUT2D eigenvalue weighted by Crippen LogP contribution is 2.36. The summed E-state index contributed by atoms with van der Waals surface area (Å²) in [6.07, 6.45) is 1.47. The highest BCUT2D eigenvalue weighted by Gasteiger charge is 2.36. The van der Waals surface area contributed by atoms with Gasteiger partial charge in [0.2, 0.25) is 0 Å². The van der Waals surface area contributed by atoms with E-state index in [-0.39, 0.29) is 19.1 Å². The van der Waals surface area contributed by atoms with Gasteiger partial charge in [-0.05, 0) is 36.1 Å². The predicted molar refractivity (Wildman–Crippen MR) is 83.6 cm³/mol. The first kappa shape index (κ1) is 14.6. The van der Waals surface area contributed by atoms with Crippen molar-refractivity contribution in [3.8, 4) is 5.75 Å². The lowest BCUT2D eigenvalue weighted by atomic mass is 9.96. The summed E-state index contributed by atoms with van der Waals surface area (Å²) in [4.78, 5) is 11.9. The number of carbonyl (C=O) groups is 1. The largest absolute Gasteiger partial charge is 0.484 e. The molecule has 0 saturated carbocycles. The van der Waals surface area contributed by atoms with Crippen LogP contribution in [0.15, 0.2) is 54.6 Å². The van der Waals surface area contributed by atoms with E-state index in [0.29, 0.717) is 12.2 Å². The Morgan fingerprint density at radius 2 is 1.86 bits per heavy atom. The Morgan fingerprint density at radius 3 is 2.68 bits per heavy atom. The van der Waals surface area contributed by atoms with Crippen LogP contribution in [0, 0.1) is 0 Å². The minimum atomic E-state index is -0.973. The summed E-state index contributed by atoms with van der Waals surface area (Å²) in [5.74, 6) is 0.421. The molecule has 1 atom stereocenters. The second-order valence-electron chi connectivity index (χ2n) is 5.57. The van der Waals surface area contributed by atoms with Gasteiger partial charge in [-0.25, -0.2) is 0 Å². The van der Waals surface area contributed by atoms with Crippen LogP contribution in [0.4, 0.5) is 0 Å². The highest BCUT2D eigenvalue weighted by atomic mass is 16.5. The Bertz CT molecular complexity index is 656. The zero-order chi connectivity index (χ0) is 15.4. The van der Waals surface area contributed by atoms with Crippen molar-refractivity contribution in [1.29, 1.82) is 0 Å². The molecule has 0 saturated heterocycles. The minimum Gasteiger partial charge on any atom is -0.484 e. The number of rotatable bonds is 5. The molecule has 2 aromatic carbocycles. The van der Waals surface area contributed by atoms with Gasteiger partial charge in [0.15, 0.2) is 6.61 Å². The Balaban J connectivity index is 1.53. The molecule has 0 aromatic heterocycles. The molecule has 4 heteroatoms. The van der Waals surface area contributed by atoms with Crippen molar-refractivity contribution in [2.75, 3.05) is 13.2 Å². The fourth-order valence-corrected chi connectivity index (χ4v) is 2.81. The third-order valence-electron chi connectivity index (χ3n) is 4.02. The summed E-state index contributed by atoms with van der Waals surface area (Å²) in [5, 5.41) is 13.5. The zero-order valence-electron chi connectivity index (χ0n) is 12.3. The molecule has 0 spiro atoms. The average molecular weight is 297 g/mol. The minimum absolute atomic E-state index is 0.0538. The summed E-state index contributed by atoms with van der Waals surface area (Å²) >= 11 is 0. The fourth-order valence-electron chi connectivity index (χ4n) is 2.81. The van der Waals surface area contributed by atoms with Crippen molar-refractivity contribution in [2.45, 2.75) is 18.4 Å². The molecule has 0 aliphatic heterocycles. The van der Waals surface area contributed by atoms with E-state index in [1.54, 1.807) is 12.1 Å². The Hall–Kier alpha value is -2.33. The number of amides is 1. The van der Waals surface area contributed by atoms with E-state index < -0.39 is 5.60 Å². The summed E-state index contributed by atoms with van der Waals surface area (Å²) in [6, 6.07) is 17.0. The third kappa shape index (κ3) is 3.12. The number of ether oxygens (including phenoxy) is 1. The first-order valence-corrected chi connectivity index (χ1v) is 7.43. The van der Waals surface area contributed by atoms with Gasteiger partial charge in [-0.3, -0.25) is 4.79 Å². The van der Waals surface area contributed by atoms with Crippen molar-refractivity contribution < 1.29 is 14.6 Å². The van der Waals surface area contributed by atoms with Crippen LogP contribution >= 0.6 is 0 Å². The normalized spacial score (nSPS) is 19.5. The van der Waals surface area contributed by atoms with Gasteiger partial charge in [0, 0.05) is 0 Å². The van der Waals surface area contributed by atoms with Crippen molar-refractivity contribution in [3.63, 3.8) is 0 Å². The Labute approximate surface area is 129 Å². The van der Waals surface area contributed by atoms with Gasteiger partial charge in [-0.2, -0.15) is 0 Å². The van der Waals surface area contributed by atoms with Gasteiger partial charge in [0.05, 0.1) is 6.54 Å². The SMILES string of the molecule is O=C(COc1ccccc1)NC[C@]1(O)CCc2ccccc21. The first-order chi connectivity index (χ1) is 10.7. The molecule has 2 aromatic rings. The van der Waals surface area contributed by atoms with Gasteiger partial charge in [0.1, 0.15) is 11.4 Å². The number of nitrogens with one attached hydrogen (secondary N) is 1. The summed E-state index contributed by atoms with van der Waals surface area (Å²) in [7, 11) is 0. The number of aryl methyl sites for hydroxylation is 1. The fraction of sp³-hybridized carbons (Fsp3) is 0.278. The quantitative estimate of drug-likeness (QED) is 0.887. The molecule has 1 amide bonds. The van der Waals surface area contributed by atoms with E-state index in [9.17, 15) is 9.90 Å². The van der Waals surface area contributed by atoms with Crippen molar-refractivity contribution in [3.05, 3.63) is 65.7 Å². The number of carbonyl (C=O) groups excluding carboxylic acids is 1. The molecule has 1 aliphatic rings. The summed E-state index contributed by atoms with van der Waals surface area (Å²) in [5.41, 5.74) is 1.10. The summed E-state index contributed by atoms with van der Waals surface area (Å²) < 4.78 is 5.39. The molecule has 4 nitrogen and oxygen atoms in total. The number of fused-ring (bicyclic) bond motifs is 1. The maximum absolute atomic E-state index is 11.9. The lowest BCUT2D eigenvalue weighted by Gasteiger charge is -2.24. The number of para-hydroxylation sites is 1. The van der Waals surface area contributed by atoms with E-state index in [0.717, 1.165) is 17.5 Å². The summed E-state index contributed by atoms with van der Waals surface area (Å²) in [6.45, 7) is 0.155.